The number of pyridine rings is 1. The van der Waals surface area contributed by atoms with E-state index in [-0.39, 0.29) is 5.91 Å². The van der Waals surface area contributed by atoms with Gasteiger partial charge in [0.2, 0.25) is 0 Å². The van der Waals surface area contributed by atoms with Gasteiger partial charge in [0.25, 0.3) is 5.91 Å². The van der Waals surface area contributed by atoms with Gasteiger partial charge in [-0.1, -0.05) is 31.0 Å². The molecule has 4 nitrogen and oxygen atoms in total. The van der Waals surface area contributed by atoms with Crippen LogP contribution in [0.25, 0.3) is 0 Å². The molecular weight excluding hydrogens is 360 g/mol. The third kappa shape index (κ3) is 5.08. The highest BCUT2D eigenvalue weighted by atomic mass is 35.5. The number of aromatic nitrogens is 1. The van der Waals surface area contributed by atoms with Crippen LogP contribution in [-0.2, 0) is 6.42 Å². The Morgan fingerprint density at radius 2 is 1.85 bits per heavy atom. The molecule has 3 aromatic rings. The predicted octanol–water partition coefficient (Wildman–Crippen LogP) is 6.04. The first-order valence-electron chi connectivity index (χ1n) is 8.86. The Morgan fingerprint density at radius 1 is 1.07 bits per heavy atom. The summed E-state index contributed by atoms with van der Waals surface area (Å²) >= 11 is 5.96. The van der Waals surface area contributed by atoms with Crippen molar-refractivity contribution in [3.8, 4) is 11.5 Å². The van der Waals surface area contributed by atoms with E-state index in [0.29, 0.717) is 27.8 Å². The van der Waals surface area contributed by atoms with Gasteiger partial charge in [-0.25, -0.2) is 0 Å². The zero-order valence-electron chi connectivity index (χ0n) is 15.3. The first kappa shape index (κ1) is 18.9. The SMILES string of the molecule is CCCc1ccc(C(=O)Nc2ccc(Oc3cccc(Cl)c3)cc2)c(C)n1. The zero-order valence-corrected chi connectivity index (χ0v) is 16.1. The summed E-state index contributed by atoms with van der Waals surface area (Å²) in [7, 11) is 0. The van der Waals surface area contributed by atoms with Gasteiger partial charge in [-0.2, -0.15) is 0 Å². The number of amides is 1. The van der Waals surface area contributed by atoms with E-state index < -0.39 is 0 Å². The molecule has 1 amide bonds. The number of hydrogen-bond acceptors (Lipinski definition) is 3. The lowest BCUT2D eigenvalue weighted by atomic mass is 10.1. The van der Waals surface area contributed by atoms with Crippen LogP contribution in [0.1, 0.15) is 35.1 Å². The van der Waals surface area contributed by atoms with Crippen LogP contribution >= 0.6 is 11.6 Å². The fourth-order valence-electron chi connectivity index (χ4n) is 2.72. The minimum Gasteiger partial charge on any atom is -0.457 e. The molecule has 0 fully saturated rings. The lowest BCUT2D eigenvalue weighted by molar-refractivity contribution is 0.102. The highest BCUT2D eigenvalue weighted by Crippen LogP contribution is 2.25. The van der Waals surface area contributed by atoms with E-state index in [1.165, 1.54) is 0 Å². The molecule has 27 heavy (non-hydrogen) atoms. The average molecular weight is 381 g/mol. The summed E-state index contributed by atoms with van der Waals surface area (Å²) in [4.78, 5) is 17.0. The zero-order chi connectivity index (χ0) is 19.2. The van der Waals surface area contributed by atoms with Crippen LogP contribution in [0, 0.1) is 6.92 Å². The van der Waals surface area contributed by atoms with Crippen LogP contribution in [0.15, 0.2) is 60.7 Å². The molecule has 1 aromatic heterocycles. The largest absolute Gasteiger partial charge is 0.457 e. The molecule has 0 aliphatic rings. The smallest absolute Gasteiger partial charge is 0.257 e. The number of carbonyl (C=O) groups excluding carboxylic acids is 1. The summed E-state index contributed by atoms with van der Waals surface area (Å²) < 4.78 is 5.75. The Labute approximate surface area is 164 Å². The van der Waals surface area contributed by atoms with Crippen molar-refractivity contribution in [1.82, 2.24) is 4.98 Å². The van der Waals surface area contributed by atoms with Gasteiger partial charge in [0.1, 0.15) is 11.5 Å². The molecule has 0 saturated heterocycles. The molecule has 1 heterocycles. The molecule has 0 bridgehead atoms. The van der Waals surface area contributed by atoms with E-state index in [0.717, 1.165) is 24.2 Å². The van der Waals surface area contributed by atoms with E-state index >= 15 is 0 Å². The molecule has 0 aliphatic carbocycles. The fourth-order valence-corrected chi connectivity index (χ4v) is 2.90. The van der Waals surface area contributed by atoms with E-state index in [1.54, 1.807) is 36.4 Å². The number of nitrogens with zero attached hydrogens (tertiary/aromatic N) is 1. The standard InChI is InChI=1S/C22H21ClN2O2/c1-3-5-17-10-13-21(15(2)24-17)22(26)25-18-8-11-19(12-9-18)27-20-7-4-6-16(23)14-20/h4,6-14H,3,5H2,1-2H3,(H,25,26). The second-order valence-corrected chi connectivity index (χ2v) is 6.66. The minimum atomic E-state index is -0.174. The van der Waals surface area contributed by atoms with E-state index in [2.05, 4.69) is 17.2 Å². The Bertz CT molecular complexity index is 939. The van der Waals surface area contributed by atoms with Crippen molar-refractivity contribution in [2.75, 3.05) is 5.32 Å². The summed E-state index contributed by atoms with van der Waals surface area (Å²) in [5.41, 5.74) is 3.01. The summed E-state index contributed by atoms with van der Waals surface area (Å²) in [6, 6.07) is 18.1. The number of halogens is 1. The maximum absolute atomic E-state index is 12.5. The summed E-state index contributed by atoms with van der Waals surface area (Å²) in [6.07, 6.45) is 1.94. The number of ether oxygens (including phenoxy) is 1. The van der Waals surface area contributed by atoms with Gasteiger partial charge in [-0.15, -0.1) is 0 Å². The van der Waals surface area contributed by atoms with Gasteiger partial charge in [0.15, 0.2) is 0 Å². The summed E-state index contributed by atoms with van der Waals surface area (Å²) in [6.45, 7) is 3.97. The molecule has 0 atom stereocenters. The number of hydrogen-bond donors (Lipinski definition) is 1. The lowest BCUT2D eigenvalue weighted by Crippen LogP contribution is -2.14. The van der Waals surface area contributed by atoms with Crippen molar-refractivity contribution >= 4 is 23.2 Å². The quantitative estimate of drug-likeness (QED) is 0.567. The molecule has 0 unspecified atom stereocenters. The van der Waals surface area contributed by atoms with Crippen LogP contribution in [-0.4, -0.2) is 10.9 Å². The van der Waals surface area contributed by atoms with Crippen LogP contribution in [0.5, 0.6) is 11.5 Å². The third-order valence-electron chi connectivity index (χ3n) is 4.04. The lowest BCUT2D eigenvalue weighted by Gasteiger charge is -2.10. The summed E-state index contributed by atoms with van der Waals surface area (Å²) in [5, 5.41) is 3.51. The van der Waals surface area contributed by atoms with Crippen molar-refractivity contribution in [3.05, 3.63) is 82.6 Å². The minimum absolute atomic E-state index is 0.174. The van der Waals surface area contributed by atoms with Crippen molar-refractivity contribution in [2.24, 2.45) is 0 Å². The Hall–Kier alpha value is -2.85. The fraction of sp³-hybridized carbons (Fsp3) is 0.182. The number of nitrogens with one attached hydrogen (secondary N) is 1. The molecule has 2 aromatic carbocycles. The van der Waals surface area contributed by atoms with E-state index in [9.17, 15) is 4.79 Å². The highest BCUT2D eigenvalue weighted by molar-refractivity contribution is 6.30. The Kier molecular flexibility index (Phi) is 6.09. The van der Waals surface area contributed by atoms with Crippen LogP contribution in [0.4, 0.5) is 5.69 Å². The van der Waals surface area contributed by atoms with Crippen LogP contribution in [0.2, 0.25) is 5.02 Å². The maximum Gasteiger partial charge on any atom is 0.257 e. The Balaban J connectivity index is 1.66. The first-order chi connectivity index (χ1) is 13.0. The van der Waals surface area contributed by atoms with Gasteiger partial charge < -0.3 is 10.1 Å². The normalized spacial score (nSPS) is 10.5. The average Bonchev–Trinajstić information content (AvgIpc) is 2.64. The molecule has 1 N–H and O–H groups in total. The number of rotatable bonds is 6. The number of benzene rings is 2. The number of aryl methyl sites for hydroxylation is 2. The van der Waals surface area contributed by atoms with Crippen molar-refractivity contribution in [1.29, 1.82) is 0 Å². The highest BCUT2D eigenvalue weighted by Gasteiger charge is 2.11. The van der Waals surface area contributed by atoms with Gasteiger partial charge >= 0.3 is 0 Å². The van der Waals surface area contributed by atoms with E-state index in [1.807, 2.05) is 31.2 Å². The molecular formula is C22H21ClN2O2. The second-order valence-electron chi connectivity index (χ2n) is 6.22. The Morgan fingerprint density at radius 3 is 2.52 bits per heavy atom. The molecule has 0 saturated carbocycles. The molecule has 0 aliphatic heterocycles. The molecule has 0 radical (unpaired) electrons. The van der Waals surface area contributed by atoms with Crippen molar-refractivity contribution < 1.29 is 9.53 Å². The van der Waals surface area contributed by atoms with Crippen molar-refractivity contribution in [2.45, 2.75) is 26.7 Å². The molecule has 3 rings (SSSR count). The predicted molar refractivity (Wildman–Crippen MR) is 109 cm³/mol. The molecule has 0 spiro atoms. The second kappa shape index (κ2) is 8.69. The van der Waals surface area contributed by atoms with Crippen molar-refractivity contribution in [3.63, 3.8) is 0 Å². The third-order valence-corrected chi connectivity index (χ3v) is 4.27. The maximum atomic E-state index is 12.5. The molecule has 5 heteroatoms. The van der Waals surface area contributed by atoms with Gasteiger partial charge in [0, 0.05) is 16.4 Å². The molecule has 138 valence electrons. The monoisotopic (exact) mass is 380 g/mol. The number of carbonyl (C=O) groups is 1. The van der Waals surface area contributed by atoms with Gasteiger partial charge in [0.05, 0.1) is 11.3 Å². The van der Waals surface area contributed by atoms with E-state index in [4.69, 9.17) is 16.3 Å². The summed E-state index contributed by atoms with van der Waals surface area (Å²) in [5.74, 6) is 1.15. The van der Waals surface area contributed by atoms with Crippen LogP contribution < -0.4 is 10.1 Å². The van der Waals surface area contributed by atoms with Gasteiger partial charge in [-0.3, -0.25) is 9.78 Å². The topological polar surface area (TPSA) is 51.2 Å². The first-order valence-corrected chi connectivity index (χ1v) is 9.24. The number of anilines is 1. The van der Waals surface area contributed by atoms with Crippen LogP contribution in [0.3, 0.4) is 0 Å². The van der Waals surface area contributed by atoms with Gasteiger partial charge in [-0.05, 0) is 67.9 Å².